The average Bonchev–Trinajstić information content (AvgIpc) is 2.98. The average molecular weight is 308 g/mol. The smallest absolute Gasteiger partial charge is 0.240 e. The molecule has 0 aliphatic rings. The van der Waals surface area contributed by atoms with Crippen molar-refractivity contribution in [1.29, 1.82) is 0 Å². The number of nitrogens with one attached hydrogen (secondary N) is 2. The molecule has 0 saturated heterocycles. The number of rotatable bonds is 8. The maximum Gasteiger partial charge on any atom is 0.240 e. The monoisotopic (exact) mass is 308 g/mol. The number of nitrogens with zero attached hydrogens (tertiary/aromatic N) is 2. The fourth-order valence-electron chi connectivity index (χ4n) is 1.92. The molecular formula is C14H20N4O2S. The van der Waals surface area contributed by atoms with Crippen LogP contribution in [0.2, 0.25) is 0 Å². The van der Waals surface area contributed by atoms with Crippen molar-refractivity contribution in [2.45, 2.75) is 17.9 Å². The van der Waals surface area contributed by atoms with Gasteiger partial charge in [-0.3, -0.25) is 0 Å². The number of sulfonamides is 1. The Morgan fingerprint density at radius 3 is 2.57 bits per heavy atom. The summed E-state index contributed by atoms with van der Waals surface area (Å²) in [5, 5.41) is 3.06. The lowest BCUT2D eigenvalue weighted by Crippen LogP contribution is -2.27. The minimum absolute atomic E-state index is 0.293. The van der Waals surface area contributed by atoms with Crippen molar-refractivity contribution in [1.82, 2.24) is 19.6 Å². The molecule has 0 aliphatic heterocycles. The molecule has 0 spiro atoms. The van der Waals surface area contributed by atoms with Crippen LogP contribution in [-0.2, 0) is 23.0 Å². The molecule has 1 aromatic heterocycles. The molecule has 2 rings (SSSR count). The molecule has 2 aromatic rings. The van der Waals surface area contributed by atoms with Gasteiger partial charge in [0.25, 0.3) is 0 Å². The van der Waals surface area contributed by atoms with Crippen molar-refractivity contribution in [3.8, 4) is 0 Å². The maximum absolute atomic E-state index is 12.1. The number of likely N-dealkylation sites (N-methyl/N-ethyl adjacent to an activating group) is 1. The van der Waals surface area contributed by atoms with E-state index in [4.69, 9.17) is 0 Å². The van der Waals surface area contributed by atoms with Gasteiger partial charge in [-0.2, -0.15) is 0 Å². The van der Waals surface area contributed by atoms with Gasteiger partial charge in [0.1, 0.15) is 0 Å². The quantitative estimate of drug-likeness (QED) is 0.750. The van der Waals surface area contributed by atoms with E-state index >= 15 is 0 Å². The summed E-state index contributed by atoms with van der Waals surface area (Å²) in [5.41, 5.74) is 1.11. The molecule has 0 amide bonds. The predicted molar refractivity (Wildman–Crippen MR) is 81.5 cm³/mol. The van der Waals surface area contributed by atoms with Gasteiger partial charge in [-0.25, -0.2) is 18.1 Å². The Morgan fingerprint density at radius 2 is 1.95 bits per heavy atom. The van der Waals surface area contributed by atoms with Gasteiger partial charge in [-0.05, 0) is 37.7 Å². The van der Waals surface area contributed by atoms with Gasteiger partial charge >= 0.3 is 0 Å². The third kappa shape index (κ3) is 4.66. The Morgan fingerprint density at radius 1 is 1.19 bits per heavy atom. The van der Waals surface area contributed by atoms with Gasteiger partial charge < -0.3 is 9.88 Å². The number of hydrogen-bond acceptors (Lipinski definition) is 4. The molecule has 0 radical (unpaired) electrons. The van der Waals surface area contributed by atoms with Crippen molar-refractivity contribution in [2.75, 3.05) is 20.1 Å². The first kappa shape index (κ1) is 15.7. The zero-order valence-electron chi connectivity index (χ0n) is 12.0. The van der Waals surface area contributed by atoms with Gasteiger partial charge in [-0.15, -0.1) is 0 Å². The van der Waals surface area contributed by atoms with Gasteiger partial charge in [0, 0.05) is 25.5 Å². The minimum atomic E-state index is -3.45. The highest BCUT2D eigenvalue weighted by molar-refractivity contribution is 7.89. The molecular weight excluding hydrogens is 288 g/mol. The Hall–Kier alpha value is -1.70. The van der Waals surface area contributed by atoms with Crippen LogP contribution < -0.4 is 10.0 Å². The summed E-state index contributed by atoms with van der Waals surface area (Å²) in [6.07, 6.45) is 6.00. The van der Waals surface area contributed by atoms with Crippen LogP contribution in [0.5, 0.6) is 0 Å². The highest BCUT2D eigenvalue weighted by Crippen LogP contribution is 2.10. The van der Waals surface area contributed by atoms with Crippen molar-refractivity contribution in [3.63, 3.8) is 0 Å². The van der Waals surface area contributed by atoms with E-state index in [1.54, 1.807) is 30.9 Å². The number of imidazole rings is 1. The van der Waals surface area contributed by atoms with E-state index < -0.39 is 10.0 Å². The van der Waals surface area contributed by atoms with Crippen LogP contribution in [0, 0.1) is 0 Å². The summed E-state index contributed by atoms with van der Waals surface area (Å²) in [6, 6.07) is 6.98. The SMILES string of the molecule is CNCCc1ccc(S(=O)(=O)NCCn2ccnc2)cc1. The topological polar surface area (TPSA) is 76.0 Å². The van der Waals surface area contributed by atoms with Gasteiger partial charge in [0.2, 0.25) is 10.0 Å². The first-order valence-electron chi connectivity index (χ1n) is 6.81. The summed E-state index contributed by atoms with van der Waals surface area (Å²) in [6.45, 7) is 1.76. The van der Waals surface area contributed by atoms with Crippen molar-refractivity contribution < 1.29 is 8.42 Å². The number of hydrogen-bond donors (Lipinski definition) is 2. The zero-order chi connectivity index (χ0) is 15.1. The molecule has 0 unspecified atom stereocenters. The second-order valence-corrected chi connectivity index (χ2v) is 6.46. The van der Waals surface area contributed by atoms with Gasteiger partial charge in [0.05, 0.1) is 11.2 Å². The van der Waals surface area contributed by atoms with Crippen molar-refractivity contribution >= 4 is 10.0 Å². The molecule has 7 heteroatoms. The normalized spacial score (nSPS) is 11.7. The molecule has 2 N–H and O–H groups in total. The van der Waals surface area contributed by atoms with E-state index in [2.05, 4.69) is 15.0 Å². The Labute approximate surface area is 125 Å². The van der Waals surface area contributed by atoms with Crippen molar-refractivity contribution in [2.24, 2.45) is 0 Å². The van der Waals surface area contributed by atoms with E-state index in [1.165, 1.54) is 0 Å². The maximum atomic E-state index is 12.1. The van der Waals surface area contributed by atoms with E-state index in [9.17, 15) is 8.42 Å². The van der Waals surface area contributed by atoms with Crippen LogP contribution in [-0.4, -0.2) is 38.1 Å². The molecule has 1 aromatic carbocycles. The summed E-state index contributed by atoms with van der Waals surface area (Å²) in [4.78, 5) is 4.20. The highest BCUT2D eigenvalue weighted by atomic mass is 32.2. The Bertz CT molecular complexity index is 636. The number of benzene rings is 1. The minimum Gasteiger partial charge on any atom is -0.336 e. The fourth-order valence-corrected chi connectivity index (χ4v) is 2.94. The standard InChI is InChI=1S/C14H20N4O2S/c1-15-7-6-13-2-4-14(5-3-13)21(19,20)17-9-11-18-10-8-16-12-18/h2-5,8,10,12,15,17H,6-7,9,11H2,1H3. The van der Waals surface area contributed by atoms with Crippen LogP contribution in [0.4, 0.5) is 0 Å². The third-order valence-corrected chi connectivity index (χ3v) is 4.60. The second kappa shape index (κ2) is 7.35. The molecule has 6 nitrogen and oxygen atoms in total. The summed E-state index contributed by atoms with van der Waals surface area (Å²) >= 11 is 0. The molecule has 0 bridgehead atoms. The van der Waals surface area contributed by atoms with E-state index in [1.807, 2.05) is 23.7 Å². The Balaban J connectivity index is 1.92. The van der Waals surface area contributed by atoms with Crippen LogP contribution in [0.1, 0.15) is 5.56 Å². The lowest BCUT2D eigenvalue weighted by atomic mass is 10.1. The lowest BCUT2D eigenvalue weighted by molar-refractivity contribution is 0.572. The van der Waals surface area contributed by atoms with Gasteiger partial charge in [-0.1, -0.05) is 12.1 Å². The zero-order valence-corrected chi connectivity index (χ0v) is 12.8. The first-order chi connectivity index (χ1) is 10.1. The lowest BCUT2D eigenvalue weighted by Gasteiger charge is -2.08. The van der Waals surface area contributed by atoms with Crippen LogP contribution in [0.25, 0.3) is 0 Å². The van der Waals surface area contributed by atoms with Crippen molar-refractivity contribution in [3.05, 3.63) is 48.5 Å². The molecule has 114 valence electrons. The van der Waals surface area contributed by atoms with Gasteiger partial charge in [0.15, 0.2) is 0 Å². The number of aromatic nitrogens is 2. The van der Waals surface area contributed by atoms with E-state index in [-0.39, 0.29) is 0 Å². The van der Waals surface area contributed by atoms with Crippen LogP contribution >= 0.6 is 0 Å². The Kier molecular flexibility index (Phi) is 5.49. The molecule has 1 heterocycles. The highest BCUT2D eigenvalue weighted by Gasteiger charge is 2.12. The van der Waals surface area contributed by atoms with E-state index in [0.717, 1.165) is 18.5 Å². The molecule has 0 aliphatic carbocycles. The van der Waals surface area contributed by atoms with Crippen LogP contribution in [0.15, 0.2) is 47.9 Å². The molecule has 21 heavy (non-hydrogen) atoms. The molecule has 0 atom stereocenters. The van der Waals surface area contributed by atoms with Crippen LogP contribution in [0.3, 0.4) is 0 Å². The summed E-state index contributed by atoms with van der Waals surface area (Å²) < 4.78 is 28.7. The fraction of sp³-hybridized carbons (Fsp3) is 0.357. The third-order valence-electron chi connectivity index (χ3n) is 3.12. The molecule has 0 saturated carbocycles. The predicted octanol–water partition coefficient (Wildman–Crippen LogP) is 0.624. The summed E-state index contributed by atoms with van der Waals surface area (Å²) in [7, 11) is -1.56. The largest absolute Gasteiger partial charge is 0.336 e. The first-order valence-corrected chi connectivity index (χ1v) is 8.29. The van der Waals surface area contributed by atoms with E-state index in [0.29, 0.717) is 18.0 Å². The second-order valence-electron chi connectivity index (χ2n) is 4.70. The summed E-state index contributed by atoms with van der Waals surface area (Å²) in [5.74, 6) is 0. The molecule has 0 fully saturated rings.